The van der Waals surface area contributed by atoms with Crippen LogP contribution in [-0.2, 0) is 4.79 Å². The summed E-state index contributed by atoms with van der Waals surface area (Å²) in [5.41, 5.74) is 1.65. The summed E-state index contributed by atoms with van der Waals surface area (Å²) in [5, 5.41) is 5.49. The molecule has 6 nitrogen and oxygen atoms in total. The lowest BCUT2D eigenvalue weighted by atomic mass is 10.1. The largest absolute Gasteiger partial charge is 0.496 e. The fourth-order valence-corrected chi connectivity index (χ4v) is 2.82. The van der Waals surface area contributed by atoms with Gasteiger partial charge in [-0.15, -0.1) is 0 Å². The fraction of sp³-hybridized carbons (Fsp3) is 0.0833. The summed E-state index contributed by atoms with van der Waals surface area (Å²) in [6.45, 7) is 0. The van der Waals surface area contributed by atoms with E-state index in [4.69, 9.17) is 9.47 Å². The van der Waals surface area contributed by atoms with Crippen LogP contribution in [0, 0.1) is 0 Å². The van der Waals surface area contributed by atoms with Gasteiger partial charge in [0, 0.05) is 11.1 Å². The highest BCUT2D eigenvalue weighted by Crippen LogP contribution is 2.24. The highest BCUT2D eigenvalue weighted by molar-refractivity contribution is 6.11. The molecule has 0 radical (unpaired) electrons. The lowest BCUT2D eigenvalue weighted by Crippen LogP contribution is -2.30. The number of nitrogens with one attached hydrogen (secondary N) is 2. The van der Waals surface area contributed by atoms with E-state index >= 15 is 0 Å². The summed E-state index contributed by atoms with van der Waals surface area (Å²) in [6, 6.07) is 22.9. The van der Waals surface area contributed by atoms with Crippen LogP contribution in [0.3, 0.4) is 0 Å². The van der Waals surface area contributed by atoms with Gasteiger partial charge < -0.3 is 20.1 Å². The Labute approximate surface area is 175 Å². The number of methoxy groups -OCH3 is 2. The third-order valence-corrected chi connectivity index (χ3v) is 4.32. The maximum absolute atomic E-state index is 13.1. The SMILES string of the molecule is COc1ccccc1C=C(NC(=O)c1ccccc1)C(=O)Nc1ccccc1OC. The minimum absolute atomic E-state index is 0.0688. The number of anilines is 1. The summed E-state index contributed by atoms with van der Waals surface area (Å²) in [4.78, 5) is 25.8. The summed E-state index contributed by atoms with van der Waals surface area (Å²) in [5.74, 6) is 0.201. The van der Waals surface area contributed by atoms with Crippen LogP contribution in [0.5, 0.6) is 11.5 Å². The molecule has 0 heterocycles. The van der Waals surface area contributed by atoms with Crippen molar-refractivity contribution in [2.24, 2.45) is 0 Å². The number of hydrogen-bond donors (Lipinski definition) is 2. The van der Waals surface area contributed by atoms with Crippen molar-refractivity contribution in [2.75, 3.05) is 19.5 Å². The van der Waals surface area contributed by atoms with Crippen LogP contribution in [0.2, 0.25) is 0 Å². The van der Waals surface area contributed by atoms with E-state index in [2.05, 4.69) is 10.6 Å². The van der Waals surface area contributed by atoms with Crippen LogP contribution >= 0.6 is 0 Å². The molecule has 0 fully saturated rings. The molecule has 0 aliphatic heterocycles. The molecular formula is C24H22N2O4. The van der Waals surface area contributed by atoms with Crippen molar-refractivity contribution >= 4 is 23.6 Å². The molecule has 30 heavy (non-hydrogen) atoms. The summed E-state index contributed by atoms with van der Waals surface area (Å²) in [7, 11) is 3.07. The van der Waals surface area contributed by atoms with Crippen LogP contribution in [0.4, 0.5) is 5.69 Å². The molecule has 0 unspecified atom stereocenters. The predicted molar refractivity (Wildman–Crippen MR) is 117 cm³/mol. The van der Waals surface area contributed by atoms with Crippen LogP contribution in [0.15, 0.2) is 84.6 Å². The van der Waals surface area contributed by atoms with Gasteiger partial charge in [-0.3, -0.25) is 9.59 Å². The zero-order valence-corrected chi connectivity index (χ0v) is 16.7. The van der Waals surface area contributed by atoms with Crippen molar-refractivity contribution in [1.82, 2.24) is 5.32 Å². The smallest absolute Gasteiger partial charge is 0.272 e. The molecule has 0 saturated carbocycles. The zero-order valence-electron chi connectivity index (χ0n) is 16.7. The first kappa shape index (κ1) is 20.7. The normalized spacial score (nSPS) is 10.8. The Hall–Kier alpha value is -4.06. The van der Waals surface area contributed by atoms with E-state index in [0.717, 1.165) is 0 Å². The molecule has 0 saturated heterocycles. The van der Waals surface area contributed by atoms with E-state index in [9.17, 15) is 9.59 Å². The summed E-state index contributed by atoms with van der Waals surface area (Å²) < 4.78 is 10.7. The lowest BCUT2D eigenvalue weighted by Gasteiger charge is -2.14. The second-order valence-corrected chi connectivity index (χ2v) is 6.27. The van der Waals surface area contributed by atoms with E-state index in [1.165, 1.54) is 7.11 Å². The van der Waals surface area contributed by atoms with E-state index < -0.39 is 11.8 Å². The van der Waals surface area contributed by atoms with Crippen molar-refractivity contribution in [3.8, 4) is 11.5 Å². The lowest BCUT2D eigenvalue weighted by molar-refractivity contribution is -0.113. The maximum Gasteiger partial charge on any atom is 0.272 e. The quantitative estimate of drug-likeness (QED) is 0.583. The number of carbonyl (C=O) groups excluding carboxylic acids is 2. The Morgan fingerprint density at radius 1 is 0.767 bits per heavy atom. The Morgan fingerprint density at radius 2 is 1.37 bits per heavy atom. The van der Waals surface area contributed by atoms with Crippen molar-refractivity contribution in [2.45, 2.75) is 0 Å². The third-order valence-electron chi connectivity index (χ3n) is 4.32. The number of hydrogen-bond acceptors (Lipinski definition) is 4. The number of para-hydroxylation sites is 3. The molecule has 3 rings (SSSR count). The van der Waals surface area contributed by atoms with E-state index in [1.807, 2.05) is 18.2 Å². The Kier molecular flexibility index (Phi) is 6.84. The monoisotopic (exact) mass is 402 g/mol. The molecule has 2 amide bonds. The second kappa shape index (κ2) is 9.93. The number of amides is 2. The first-order valence-corrected chi connectivity index (χ1v) is 9.28. The minimum Gasteiger partial charge on any atom is -0.496 e. The standard InChI is InChI=1S/C24H22N2O4/c1-29-21-14-8-6-12-18(21)16-20(26-23(27)17-10-4-3-5-11-17)24(28)25-19-13-7-9-15-22(19)30-2/h3-16H,1-2H3,(H,25,28)(H,26,27). The van der Waals surface area contributed by atoms with Gasteiger partial charge in [0.2, 0.25) is 0 Å². The molecular weight excluding hydrogens is 380 g/mol. The average molecular weight is 402 g/mol. The van der Waals surface area contributed by atoms with Gasteiger partial charge in [-0.2, -0.15) is 0 Å². The topological polar surface area (TPSA) is 76.7 Å². The van der Waals surface area contributed by atoms with Crippen LogP contribution in [0.25, 0.3) is 6.08 Å². The molecule has 3 aromatic rings. The molecule has 152 valence electrons. The number of rotatable bonds is 7. The van der Waals surface area contributed by atoms with Gasteiger partial charge >= 0.3 is 0 Å². The Balaban J connectivity index is 1.95. The fourth-order valence-electron chi connectivity index (χ4n) is 2.82. The number of ether oxygens (including phenoxy) is 2. The van der Waals surface area contributed by atoms with Crippen molar-refractivity contribution in [3.63, 3.8) is 0 Å². The molecule has 0 atom stereocenters. The summed E-state index contributed by atoms with van der Waals surface area (Å²) in [6.07, 6.45) is 1.57. The summed E-state index contributed by atoms with van der Waals surface area (Å²) >= 11 is 0. The molecule has 0 aliphatic carbocycles. The van der Waals surface area contributed by atoms with Crippen molar-refractivity contribution < 1.29 is 19.1 Å². The van der Waals surface area contributed by atoms with Crippen molar-refractivity contribution in [1.29, 1.82) is 0 Å². The molecule has 0 aromatic heterocycles. The predicted octanol–water partition coefficient (Wildman–Crippen LogP) is 4.11. The Morgan fingerprint density at radius 3 is 2.07 bits per heavy atom. The second-order valence-electron chi connectivity index (χ2n) is 6.27. The third kappa shape index (κ3) is 5.05. The van der Waals surface area contributed by atoms with Crippen LogP contribution < -0.4 is 20.1 Å². The van der Waals surface area contributed by atoms with Gasteiger partial charge in [0.05, 0.1) is 19.9 Å². The van der Waals surface area contributed by atoms with E-state index in [1.54, 1.807) is 73.8 Å². The van der Waals surface area contributed by atoms with Crippen LogP contribution in [-0.4, -0.2) is 26.0 Å². The molecule has 2 N–H and O–H groups in total. The van der Waals surface area contributed by atoms with E-state index in [-0.39, 0.29) is 5.70 Å². The van der Waals surface area contributed by atoms with Crippen molar-refractivity contribution in [3.05, 3.63) is 95.7 Å². The van der Waals surface area contributed by atoms with Gasteiger partial charge in [0.25, 0.3) is 11.8 Å². The average Bonchev–Trinajstić information content (AvgIpc) is 2.79. The number of benzene rings is 3. The van der Waals surface area contributed by atoms with Gasteiger partial charge in [-0.1, -0.05) is 48.5 Å². The van der Waals surface area contributed by atoms with Gasteiger partial charge in [-0.05, 0) is 36.4 Å². The van der Waals surface area contributed by atoms with Crippen LogP contribution in [0.1, 0.15) is 15.9 Å². The maximum atomic E-state index is 13.1. The van der Waals surface area contributed by atoms with Gasteiger partial charge in [0.15, 0.2) is 0 Å². The zero-order chi connectivity index (χ0) is 21.3. The molecule has 0 aliphatic rings. The molecule has 0 bridgehead atoms. The first-order valence-electron chi connectivity index (χ1n) is 9.28. The first-order chi connectivity index (χ1) is 14.6. The highest BCUT2D eigenvalue weighted by Gasteiger charge is 2.17. The van der Waals surface area contributed by atoms with Gasteiger partial charge in [-0.25, -0.2) is 0 Å². The molecule has 0 spiro atoms. The Bertz CT molecular complexity index is 1060. The minimum atomic E-state index is -0.491. The van der Waals surface area contributed by atoms with E-state index in [0.29, 0.717) is 28.3 Å². The molecule has 6 heteroatoms. The highest BCUT2D eigenvalue weighted by atomic mass is 16.5. The van der Waals surface area contributed by atoms with Gasteiger partial charge in [0.1, 0.15) is 17.2 Å². The molecule has 3 aromatic carbocycles. The number of carbonyl (C=O) groups is 2.